The summed E-state index contributed by atoms with van der Waals surface area (Å²) in [7, 11) is 2.97. The Kier molecular flexibility index (Phi) is 5.81. The smallest absolute Gasteiger partial charge is 0.288 e. The molecular weight excluding hydrogens is 324 g/mol. The van der Waals surface area contributed by atoms with Gasteiger partial charge in [-0.1, -0.05) is 23.9 Å². The van der Waals surface area contributed by atoms with Crippen molar-refractivity contribution < 1.29 is 23.0 Å². The van der Waals surface area contributed by atoms with Crippen LogP contribution in [0.3, 0.4) is 0 Å². The summed E-state index contributed by atoms with van der Waals surface area (Å²) in [6.45, 7) is 0. The molecule has 0 heterocycles. The van der Waals surface area contributed by atoms with E-state index in [1.54, 1.807) is 30.3 Å². The molecule has 0 aliphatic carbocycles. The molecule has 122 valence electrons. The molecule has 0 aliphatic heterocycles. The molecule has 0 aliphatic rings. The van der Waals surface area contributed by atoms with E-state index in [9.17, 15) is 13.6 Å². The molecule has 0 aromatic heterocycles. The molecule has 2 aromatic rings. The summed E-state index contributed by atoms with van der Waals surface area (Å²) in [5.41, 5.74) is 0.566. The number of carbonyl (C=O) groups is 1. The molecule has 0 saturated carbocycles. The Morgan fingerprint density at radius 2 is 1.87 bits per heavy atom. The van der Waals surface area contributed by atoms with Crippen LogP contribution < -0.4 is 14.8 Å². The predicted octanol–water partition coefficient (Wildman–Crippen LogP) is 4.27. The van der Waals surface area contributed by atoms with Crippen molar-refractivity contribution in [2.75, 3.05) is 19.5 Å². The lowest BCUT2D eigenvalue weighted by Gasteiger charge is -2.13. The number of rotatable bonds is 6. The molecule has 0 atom stereocenters. The van der Waals surface area contributed by atoms with Crippen LogP contribution in [0.1, 0.15) is 10.4 Å². The van der Waals surface area contributed by atoms with E-state index in [0.717, 1.165) is 0 Å². The standard InChI is InChI=1S/C16H15F2NO3S/c1-21-10-7-8-13(22-2)12(9-10)19-15(20)11-5-3-4-6-14(11)23-16(17)18/h3-9,16H,1-2H3,(H,19,20). The van der Waals surface area contributed by atoms with Gasteiger partial charge in [-0.2, -0.15) is 8.78 Å². The number of alkyl halides is 2. The largest absolute Gasteiger partial charge is 0.497 e. The third-order valence-electron chi connectivity index (χ3n) is 3.00. The van der Waals surface area contributed by atoms with Crippen LogP contribution >= 0.6 is 11.8 Å². The Hall–Kier alpha value is -2.28. The van der Waals surface area contributed by atoms with Gasteiger partial charge in [-0.3, -0.25) is 4.79 Å². The SMILES string of the molecule is COc1ccc(OC)c(NC(=O)c2ccccc2SC(F)F)c1. The fourth-order valence-corrected chi connectivity index (χ4v) is 2.59. The second-order valence-electron chi connectivity index (χ2n) is 4.40. The molecule has 0 radical (unpaired) electrons. The van der Waals surface area contributed by atoms with Gasteiger partial charge >= 0.3 is 0 Å². The van der Waals surface area contributed by atoms with Gasteiger partial charge in [0.05, 0.1) is 25.5 Å². The van der Waals surface area contributed by atoms with Gasteiger partial charge < -0.3 is 14.8 Å². The van der Waals surface area contributed by atoms with Crippen LogP contribution in [0.4, 0.5) is 14.5 Å². The van der Waals surface area contributed by atoms with Gasteiger partial charge in [-0.15, -0.1) is 0 Å². The number of halogens is 2. The van der Waals surface area contributed by atoms with Crippen LogP contribution in [0.2, 0.25) is 0 Å². The summed E-state index contributed by atoms with van der Waals surface area (Å²) in [6, 6.07) is 11.1. The van der Waals surface area contributed by atoms with Gasteiger partial charge in [-0.05, 0) is 24.3 Å². The van der Waals surface area contributed by atoms with E-state index in [4.69, 9.17) is 9.47 Å². The van der Waals surface area contributed by atoms with Crippen LogP contribution in [-0.4, -0.2) is 25.9 Å². The average Bonchev–Trinajstić information content (AvgIpc) is 2.54. The van der Waals surface area contributed by atoms with E-state index in [1.165, 1.54) is 26.4 Å². The first-order valence-corrected chi connectivity index (χ1v) is 7.50. The number of hydrogen-bond donors (Lipinski definition) is 1. The Balaban J connectivity index is 2.29. The van der Waals surface area contributed by atoms with Crippen molar-refractivity contribution in [3.05, 3.63) is 48.0 Å². The normalized spacial score (nSPS) is 10.5. The fraction of sp³-hybridized carbons (Fsp3) is 0.188. The van der Waals surface area contributed by atoms with Crippen molar-refractivity contribution in [2.45, 2.75) is 10.7 Å². The van der Waals surface area contributed by atoms with Crippen LogP contribution in [0.5, 0.6) is 11.5 Å². The molecule has 23 heavy (non-hydrogen) atoms. The van der Waals surface area contributed by atoms with Gasteiger partial charge in [0, 0.05) is 11.0 Å². The zero-order valence-electron chi connectivity index (χ0n) is 12.5. The maximum atomic E-state index is 12.6. The Morgan fingerprint density at radius 3 is 2.52 bits per heavy atom. The Bertz CT molecular complexity index is 695. The number of anilines is 1. The fourth-order valence-electron chi connectivity index (χ4n) is 1.95. The lowest BCUT2D eigenvalue weighted by molar-refractivity contribution is 0.102. The maximum absolute atomic E-state index is 12.6. The van der Waals surface area contributed by atoms with Gasteiger partial charge in [0.2, 0.25) is 0 Å². The van der Waals surface area contributed by atoms with Gasteiger partial charge in [0.25, 0.3) is 11.7 Å². The molecule has 2 aromatic carbocycles. The number of hydrogen-bond acceptors (Lipinski definition) is 4. The minimum Gasteiger partial charge on any atom is -0.497 e. The lowest BCUT2D eigenvalue weighted by atomic mass is 10.2. The summed E-state index contributed by atoms with van der Waals surface area (Å²) < 4.78 is 35.5. The van der Waals surface area contributed by atoms with Gasteiger partial charge in [0.1, 0.15) is 11.5 Å². The monoisotopic (exact) mass is 339 g/mol. The van der Waals surface area contributed by atoms with Gasteiger partial charge in [0.15, 0.2) is 0 Å². The van der Waals surface area contributed by atoms with E-state index in [0.29, 0.717) is 28.9 Å². The highest BCUT2D eigenvalue weighted by Crippen LogP contribution is 2.32. The van der Waals surface area contributed by atoms with Crippen molar-refractivity contribution in [1.82, 2.24) is 0 Å². The third kappa shape index (κ3) is 4.35. The molecule has 0 bridgehead atoms. The molecule has 1 N–H and O–H groups in total. The molecule has 4 nitrogen and oxygen atoms in total. The van der Waals surface area contributed by atoms with Crippen molar-refractivity contribution in [2.24, 2.45) is 0 Å². The molecule has 0 saturated heterocycles. The first-order chi connectivity index (χ1) is 11.0. The quantitative estimate of drug-likeness (QED) is 0.799. The van der Waals surface area contributed by atoms with E-state index in [2.05, 4.69) is 5.32 Å². The summed E-state index contributed by atoms with van der Waals surface area (Å²) >= 11 is 0.331. The van der Waals surface area contributed by atoms with Crippen molar-refractivity contribution >= 4 is 23.4 Å². The first kappa shape index (κ1) is 17.1. The average molecular weight is 339 g/mol. The van der Waals surface area contributed by atoms with Crippen LogP contribution in [0, 0.1) is 0 Å². The van der Waals surface area contributed by atoms with Crippen LogP contribution in [-0.2, 0) is 0 Å². The summed E-state index contributed by atoms with van der Waals surface area (Å²) in [5, 5.41) is 2.66. The highest BCUT2D eigenvalue weighted by molar-refractivity contribution is 7.99. The summed E-state index contributed by atoms with van der Waals surface area (Å²) in [5.74, 6) is -2.12. The molecule has 2 rings (SSSR count). The van der Waals surface area contributed by atoms with E-state index in [1.807, 2.05) is 0 Å². The van der Waals surface area contributed by atoms with Crippen LogP contribution in [0.15, 0.2) is 47.4 Å². The molecule has 0 unspecified atom stereocenters. The predicted molar refractivity (Wildman–Crippen MR) is 85.8 cm³/mol. The van der Waals surface area contributed by atoms with E-state index in [-0.39, 0.29) is 10.5 Å². The Labute approximate surface area is 136 Å². The zero-order chi connectivity index (χ0) is 16.8. The third-order valence-corrected chi connectivity index (χ3v) is 3.79. The molecule has 0 spiro atoms. The Morgan fingerprint density at radius 1 is 1.13 bits per heavy atom. The highest BCUT2D eigenvalue weighted by atomic mass is 32.2. The van der Waals surface area contributed by atoms with Crippen molar-refractivity contribution in [3.63, 3.8) is 0 Å². The maximum Gasteiger partial charge on any atom is 0.288 e. The van der Waals surface area contributed by atoms with Crippen molar-refractivity contribution in [1.29, 1.82) is 0 Å². The van der Waals surface area contributed by atoms with Gasteiger partial charge in [-0.25, -0.2) is 0 Å². The van der Waals surface area contributed by atoms with E-state index >= 15 is 0 Å². The number of thioether (sulfide) groups is 1. The zero-order valence-corrected chi connectivity index (χ0v) is 13.3. The topological polar surface area (TPSA) is 47.6 Å². The summed E-state index contributed by atoms with van der Waals surface area (Å²) in [4.78, 5) is 12.6. The lowest BCUT2D eigenvalue weighted by Crippen LogP contribution is -2.14. The molecule has 0 fully saturated rings. The second-order valence-corrected chi connectivity index (χ2v) is 5.43. The summed E-state index contributed by atoms with van der Waals surface area (Å²) in [6.07, 6.45) is 0. The van der Waals surface area contributed by atoms with Crippen LogP contribution in [0.25, 0.3) is 0 Å². The number of methoxy groups -OCH3 is 2. The minimum absolute atomic E-state index is 0.169. The highest BCUT2D eigenvalue weighted by Gasteiger charge is 2.17. The van der Waals surface area contributed by atoms with E-state index < -0.39 is 11.7 Å². The molecule has 1 amide bonds. The number of amides is 1. The number of ether oxygens (including phenoxy) is 2. The first-order valence-electron chi connectivity index (χ1n) is 6.62. The second kappa shape index (κ2) is 7.82. The number of nitrogens with one attached hydrogen (secondary N) is 1. The minimum atomic E-state index is -2.60. The number of carbonyl (C=O) groups excluding carboxylic acids is 1. The molecule has 7 heteroatoms. The number of benzene rings is 2. The molecular formula is C16H15F2NO3S. The van der Waals surface area contributed by atoms with Crippen molar-refractivity contribution in [3.8, 4) is 11.5 Å².